The highest BCUT2D eigenvalue weighted by atomic mass is 35.5. The molecule has 0 aromatic heterocycles. The Morgan fingerprint density at radius 3 is 2.59 bits per heavy atom. The average Bonchev–Trinajstić information content (AvgIpc) is 2.25. The predicted molar refractivity (Wildman–Crippen MR) is 63.1 cm³/mol. The van der Waals surface area contributed by atoms with Gasteiger partial charge < -0.3 is 9.84 Å². The molecule has 17 heavy (non-hydrogen) atoms. The molecule has 0 bridgehead atoms. The van der Waals surface area contributed by atoms with Crippen LogP contribution in [0.25, 0.3) is 0 Å². The lowest BCUT2D eigenvalue weighted by molar-refractivity contribution is -0.147. The lowest BCUT2D eigenvalue weighted by Crippen LogP contribution is -2.32. The second-order valence-electron chi connectivity index (χ2n) is 3.87. The molecule has 90 valence electrons. The van der Waals surface area contributed by atoms with Gasteiger partial charge in [0.25, 0.3) is 0 Å². The largest absolute Gasteiger partial charge is 0.478 e. The summed E-state index contributed by atoms with van der Waals surface area (Å²) in [4.78, 5) is 10.9. The van der Waals surface area contributed by atoms with Crippen LogP contribution in [-0.4, -0.2) is 17.2 Å². The van der Waals surface area contributed by atoms with E-state index in [1.807, 2.05) is 6.07 Å². The van der Waals surface area contributed by atoms with Crippen molar-refractivity contribution in [3.63, 3.8) is 0 Å². The second kappa shape index (κ2) is 5.55. The lowest BCUT2D eigenvalue weighted by atomic mass is 10.1. The molecule has 5 heteroatoms. The van der Waals surface area contributed by atoms with Crippen molar-refractivity contribution in [2.24, 2.45) is 5.92 Å². The van der Waals surface area contributed by atoms with Crippen LogP contribution in [0.1, 0.15) is 19.4 Å². The highest BCUT2D eigenvalue weighted by Crippen LogP contribution is 2.23. The predicted octanol–water partition coefficient (Wildman–Crippen LogP) is 2.70. The molecule has 0 aliphatic carbocycles. The second-order valence-corrected chi connectivity index (χ2v) is 4.28. The number of aliphatic carboxylic acids is 1. The van der Waals surface area contributed by atoms with Crippen LogP contribution in [0.15, 0.2) is 18.2 Å². The van der Waals surface area contributed by atoms with Crippen molar-refractivity contribution in [1.29, 1.82) is 5.26 Å². The quantitative estimate of drug-likeness (QED) is 0.896. The third-order valence-electron chi connectivity index (χ3n) is 2.17. The zero-order chi connectivity index (χ0) is 13.0. The minimum absolute atomic E-state index is 0.165. The van der Waals surface area contributed by atoms with Gasteiger partial charge in [-0.2, -0.15) is 5.26 Å². The number of carboxylic acid groups (broad SMARTS) is 1. The fourth-order valence-corrected chi connectivity index (χ4v) is 1.49. The molecule has 0 saturated heterocycles. The fourth-order valence-electron chi connectivity index (χ4n) is 1.28. The summed E-state index contributed by atoms with van der Waals surface area (Å²) < 4.78 is 5.32. The molecule has 1 aromatic carbocycles. The SMILES string of the molecule is CC(C)C(Oc1ccc(C#N)c(Cl)c1)C(=O)O. The van der Waals surface area contributed by atoms with Gasteiger partial charge in [0.1, 0.15) is 11.8 Å². The van der Waals surface area contributed by atoms with Crippen molar-refractivity contribution < 1.29 is 14.6 Å². The van der Waals surface area contributed by atoms with Crippen molar-refractivity contribution in [2.75, 3.05) is 0 Å². The molecular weight excluding hydrogens is 242 g/mol. The van der Waals surface area contributed by atoms with Crippen LogP contribution >= 0.6 is 11.6 Å². The molecule has 0 aliphatic heterocycles. The van der Waals surface area contributed by atoms with Crippen molar-refractivity contribution in [1.82, 2.24) is 0 Å². The topological polar surface area (TPSA) is 70.3 Å². The number of benzene rings is 1. The first-order chi connectivity index (χ1) is 7.95. The molecule has 0 heterocycles. The normalized spacial score (nSPS) is 11.9. The molecule has 0 spiro atoms. The Balaban J connectivity index is 2.92. The Morgan fingerprint density at radius 1 is 1.53 bits per heavy atom. The van der Waals surface area contributed by atoms with E-state index < -0.39 is 12.1 Å². The molecule has 0 radical (unpaired) electrons. The number of nitriles is 1. The number of ether oxygens (including phenoxy) is 1. The molecule has 1 atom stereocenters. The van der Waals surface area contributed by atoms with Gasteiger partial charge in [-0.15, -0.1) is 0 Å². The van der Waals surface area contributed by atoms with E-state index >= 15 is 0 Å². The molecule has 0 aliphatic rings. The van der Waals surface area contributed by atoms with Crippen LogP contribution in [0.5, 0.6) is 5.75 Å². The van der Waals surface area contributed by atoms with E-state index in [0.29, 0.717) is 11.3 Å². The summed E-state index contributed by atoms with van der Waals surface area (Å²) in [6, 6.07) is 6.39. The van der Waals surface area contributed by atoms with Gasteiger partial charge in [0.2, 0.25) is 0 Å². The molecule has 1 N–H and O–H groups in total. The zero-order valence-corrected chi connectivity index (χ0v) is 10.2. The Hall–Kier alpha value is -1.73. The first-order valence-electron chi connectivity index (χ1n) is 5.04. The molecule has 0 amide bonds. The molecule has 1 aromatic rings. The summed E-state index contributed by atoms with van der Waals surface area (Å²) in [5.74, 6) is -0.850. The number of rotatable bonds is 4. The van der Waals surface area contributed by atoms with E-state index in [9.17, 15) is 4.79 Å². The Labute approximate surface area is 104 Å². The number of nitrogens with zero attached hydrogens (tertiary/aromatic N) is 1. The van der Waals surface area contributed by atoms with Crippen LogP contribution in [0.4, 0.5) is 0 Å². The molecular formula is C12H12ClNO3. The van der Waals surface area contributed by atoms with Gasteiger partial charge in [-0.3, -0.25) is 0 Å². The first kappa shape index (κ1) is 13.3. The van der Waals surface area contributed by atoms with Crippen LogP contribution in [0, 0.1) is 17.2 Å². The van der Waals surface area contributed by atoms with E-state index in [1.165, 1.54) is 18.2 Å². The van der Waals surface area contributed by atoms with Crippen LogP contribution in [0.3, 0.4) is 0 Å². The monoisotopic (exact) mass is 253 g/mol. The smallest absolute Gasteiger partial charge is 0.345 e. The minimum atomic E-state index is -1.03. The maximum Gasteiger partial charge on any atom is 0.345 e. The van der Waals surface area contributed by atoms with E-state index in [4.69, 9.17) is 26.7 Å². The summed E-state index contributed by atoms with van der Waals surface area (Å²) in [5.41, 5.74) is 0.329. The van der Waals surface area contributed by atoms with E-state index in [0.717, 1.165) is 0 Å². The Kier molecular flexibility index (Phi) is 4.36. The van der Waals surface area contributed by atoms with Gasteiger partial charge in [0.05, 0.1) is 10.6 Å². The number of halogens is 1. The van der Waals surface area contributed by atoms with E-state index in [1.54, 1.807) is 13.8 Å². The van der Waals surface area contributed by atoms with Crippen LogP contribution < -0.4 is 4.74 Å². The molecule has 1 unspecified atom stereocenters. The highest BCUT2D eigenvalue weighted by molar-refractivity contribution is 6.31. The Bertz CT molecular complexity index is 465. The summed E-state index contributed by atoms with van der Waals surface area (Å²) >= 11 is 5.82. The summed E-state index contributed by atoms with van der Waals surface area (Å²) in [5, 5.41) is 17.9. The number of hydrogen-bond donors (Lipinski definition) is 1. The molecule has 1 rings (SSSR count). The summed E-state index contributed by atoms with van der Waals surface area (Å²) in [6.07, 6.45) is -0.931. The Morgan fingerprint density at radius 2 is 2.18 bits per heavy atom. The van der Waals surface area contributed by atoms with E-state index in [-0.39, 0.29) is 10.9 Å². The molecule has 0 saturated carbocycles. The van der Waals surface area contributed by atoms with Gasteiger partial charge in [-0.25, -0.2) is 4.79 Å². The fraction of sp³-hybridized carbons (Fsp3) is 0.333. The van der Waals surface area contributed by atoms with E-state index in [2.05, 4.69) is 0 Å². The zero-order valence-electron chi connectivity index (χ0n) is 9.48. The minimum Gasteiger partial charge on any atom is -0.478 e. The number of hydrogen-bond acceptors (Lipinski definition) is 3. The van der Waals surface area contributed by atoms with Gasteiger partial charge in [0, 0.05) is 12.0 Å². The first-order valence-corrected chi connectivity index (χ1v) is 5.42. The molecule has 0 fully saturated rings. The van der Waals surface area contributed by atoms with Crippen molar-refractivity contribution in [2.45, 2.75) is 20.0 Å². The van der Waals surface area contributed by atoms with Gasteiger partial charge >= 0.3 is 5.97 Å². The van der Waals surface area contributed by atoms with Crippen molar-refractivity contribution in [3.05, 3.63) is 28.8 Å². The van der Waals surface area contributed by atoms with Crippen molar-refractivity contribution in [3.8, 4) is 11.8 Å². The van der Waals surface area contributed by atoms with Crippen LogP contribution in [-0.2, 0) is 4.79 Å². The molecule has 4 nitrogen and oxygen atoms in total. The lowest BCUT2D eigenvalue weighted by Gasteiger charge is -2.18. The highest BCUT2D eigenvalue weighted by Gasteiger charge is 2.23. The maximum absolute atomic E-state index is 10.9. The third-order valence-corrected chi connectivity index (χ3v) is 2.49. The summed E-state index contributed by atoms with van der Waals surface area (Å²) in [7, 11) is 0. The standard InChI is InChI=1S/C12H12ClNO3/c1-7(2)11(12(15)16)17-9-4-3-8(6-14)10(13)5-9/h3-5,7,11H,1-2H3,(H,15,16). The van der Waals surface area contributed by atoms with Crippen LogP contribution in [0.2, 0.25) is 5.02 Å². The number of carboxylic acids is 1. The maximum atomic E-state index is 10.9. The van der Waals surface area contributed by atoms with Gasteiger partial charge in [-0.05, 0) is 12.1 Å². The number of carbonyl (C=O) groups is 1. The van der Waals surface area contributed by atoms with Gasteiger partial charge in [-0.1, -0.05) is 25.4 Å². The third kappa shape index (κ3) is 3.36. The average molecular weight is 254 g/mol. The summed E-state index contributed by atoms with van der Waals surface area (Å²) in [6.45, 7) is 3.51. The van der Waals surface area contributed by atoms with Crippen molar-refractivity contribution >= 4 is 17.6 Å². The van der Waals surface area contributed by atoms with Gasteiger partial charge in [0.15, 0.2) is 6.10 Å².